The van der Waals surface area contributed by atoms with Gasteiger partial charge in [0.25, 0.3) is 0 Å². The van der Waals surface area contributed by atoms with E-state index in [1.54, 1.807) is 0 Å². The number of unbranched alkanes of at least 4 members (excludes halogenated alkanes) is 1. The fraction of sp³-hybridized carbons (Fsp3) is 0.654. The number of hydrogen-bond donors (Lipinski definition) is 2. The van der Waals surface area contributed by atoms with Gasteiger partial charge in [-0.2, -0.15) is 0 Å². The van der Waals surface area contributed by atoms with Gasteiger partial charge in [-0.15, -0.1) is 30.6 Å². The molecule has 2 aliphatic rings. The molecule has 2 heterocycles. The van der Waals surface area contributed by atoms with Crippen LogP contribution in [0.1, 0.15) is 44.1 Å². The summed E-state index contributed by atoms with van der Waals surface area (Å²) >= 11 is 0. The molecule has 5 nitrogen and oxygen atoms in total. The minimum atomic E-state index is 0. The summed E-state index contributed by atoms with van der Waals surface area (Å²) in [5.41, 5.74) is 1.50. The number of guanidine groups is 1. The van der Waals surface area contributed by atoms with E-state index in [4.69, 9.17) is 0 Å². The van der Waals surface area contributed by atoms with Gasteiger partial charge < -0.3 is 15.5 Å². The van der Waals surface area contributed by atoms with Crippen LogP contribution in [-0.2, 0) is 6.42 Å². The summed E-state index contributed by atoms with van der Waals surface area (Å²) in [7, 11) is 1.88. The fourth-order valence-corrected chi connectivity index (χ4v) is 4.86. The van der Waals surface area contributed by atoms with Crippen LogP contribution in [0.3, 0.4) is 0 Å². The van der Waals surface area contributed by atoms with Crippen LogP contribution in [0.15, 0.2) is 48.0 Å². The van der Waals surface area contributed by atoms with E-state index in [-0.39, 0.29) is 24.0 Å². The molecule has 0 bridgehead atoms. The molecule has 32 heavy (non-hydrogen) atoms. The normalized spacial score (nSPS) is 19.3. The van der Waals surface area contributed by atoms with Gasteiger partial charge in [0.05, 0.1) is 0 Å². The first kappa shape index (κ1) is 27.1. The van der Waals surface area contributed by atoms with Gasteiger partial charge in [-0.25, -0.2) is 0 Å². The molecule has 0 aliphatic carbocycles. The van der Waals surface area contributed by atoms with E-state index in [0.717, 1.165) is 38.1 Å². The first-order chi connectivity index (χ1) is 15.3. The van der Waals surface area contributed by atoms with Crippen molar-refractivity contribution >= 4 is 29.9 Å². The highest BCUT2D eigenvalue weighted by Gasteiger charge is 2.20. The second-order valence-electron chi connectivity index (χ2n) is 9.19. The molecule has 3 rings (SSSR count). The summed E-state index contributed by atoms with van der Waals surface area (Å²) in [6.45, 7) is 11.9. The number of rotatable bonds is 10. The molecule has 2 fully saturated rings. The Morgan fingerprint density at radius 1 is 1.03 bits per heavy atom. The van der Waals surface area contributed by atoms with Gasteiger partial charge in [0.1, 0.15) is 0 Å². The zero-order chi connectivity index (χ0) is 21.7. The molecule has 1 aromatic rings. The van der Waals surface area contributed by atoms with Gasteiger partial charge >= 0.3 is 0 Å². The van der Waals surface area contributed by atoms with Crippen molar-refractivity contribution in [1.82, 2.24) is 20.4 Å². The molecule has 2 aliphatic heterocycles. The number of nitrogens with one attached hydrogen (secondary N) is 2. The number of nitrogens with zero attached hydrogens (tertiary/aromatic N) is 3. The van der Waals surface area contributed by atoms with Crippen molar-refractivity contribution in [2.45, 2.75) is 51.0 Å². The Morgan fingerprint density at radius 3 is 2.38 bits per heavy atom. The number of piperidine rings is 2. The largest absolute Gasteiger partial charge is 0.356 e. The quantitative estimate of drug-likeness (QED) is 0.150. The Kier molecular flexibility index (Phi) is 13.3. The highest BCUT2D eigenvalue weighted by Crippen LogP contribution is 2.21. The van der Waals surface area contributed by atoms with Crippen LogP contribution in [0.4, 0.5) is 0 Å². The van der Waals surface area contributed by atoms with Crippen molar-refractivity contribution in [3.8, 4) is 0 Å². The molecule has 0 radical (unpaired) electrons. The molecule has 0 unspecified atom stereocenters. The maximum atomic E-state index is 4.42. The van der Waals surface area contributed by atoms with Crippen LogP contribution < -0.4 is 10.6 Å². The summed E-state index contributed by atoms with van der Waals surface area (Å²) in [4.78, 5) is 9.54. The van der Waals surface area contributed by atoms with Crippen molar-refractivity contribution in [3.63, 3.8) is 0 Å². The van der Waals surface area contributed by atoms with E-state index in [2.05, 4.69) is 62.3 Å². The summed E-state index contributed by atoms with van der Waals surface area (Å²) in [5, 5.41) is 7.13. The zero-order valence-corrected chi connectivity index (χ0v) is 22.3. The maximum Gasteiger partial charge on any atom is 0.191 e. The summed E-state index contributed by atoms with van der Waals surface area (Å²) in [5.74, 6) is 1.82. The lowest BCUT2D eigenvalue weighted by Gasteiger charge is -2.32. The van der Waals surface area contributed by atoms with E-state index in [1.807, 2.05) is 13.1 Å². The molecule has 0 aromatic heterocycles. The Balaban J connectivity index is 0.00000363. The molecule has 0 atom stereocenters. The van der Waals surface area contributed by atoms with Crippen molar-refractivity contribution in [2.24, 2.45) is 10.9 Å². The topological polar surface area (TPSA) is 42.9 Å². The van der Waals surface area contributed by atoms with Crippen LogP contribution in [0.25, 0.3) is 0 Å². The van der Waals surface area contributed by atoms with Crippen LogP contribution in [0.2, 0.25) is 0 Å². The molecular formula is C26H44IN5. The minimum Gasteiger partial charge on any atom is -0.356 e. The lowest BCUT2D eigenvalue weighted by atomic mass is 9.90. The molecule has 0 amide bonds. The third kappa shape index (κ3) is 9.79. The molecule has 2 N–H and O–H groups in total. The average Bonchev–Trinajstić information content (AvgIpc) is 2.81. The van der Waals surface area contributed by atoms with Crippen LogP contribution >= 0.6 is 24.0 Å². The van der Waals surface area contributed by atoms with Crippen LogP contribution in [0.5, 0.6) is 0 Å². The highest BCUT2D eigenvalue weighted by atomic mass is 127. The Bertz CT molecular complexity index is 649. The van der Waals surface area contributed by atoms with Gasteiger partial charge in [-0.05, 0) is 76.1 Å². The molecule has 2 saturated heterocycles. The molecule has 1 aromatic carbocycles. The number of aliphatic imine (C=N–C) groups is 1. The zero-order valence-electron chi connectivity index (χ0n) is 20.0. The van der Waals surface area contributed by atoms with Crippen molar-refractivity contribution in [3.05, 3.63) is 48.6 Å². The number of hydrogen-bond acceptors (Lipinski definition) is 3. The molecular weight excluding hydrogens is 509 g/mol. The third-order valence-electron chi connectivity index (χ3n) is 6.81. The Morgan fingerprint density at radius 2 is 1.72 bits per heavy atom. The molecule has 180 valence electrons. The highest BCUT2D eigenvalue weighted by molar-refractivity contribution is 14.0. The Hall–Kier alpha value is -1.12. The first-order valence-electron chi connectivity index (χ1n) is 12.3. The maximum absolute atomic E-state index is 4.42. The van der Waals surface area contributed by atoms with Crippen molar-refractivity contribution in [2.75, 3.05) is 52.9 Å². The summed E-state index contributed by atoms with van der Waals surface area (Å²) in [6, 6.07) is 11.5. The number of benzene rings is 1. The molecule has 6 heteroatoms. The number of likely N-dealkylation sites (tertiary alicyclic amines) is 2. The SMILES string of the molecule is C=CCN1CCC(NC(=NC)NCCCCN2CCC(Cc3ccccc3)CC2)CC1.I. The van der Waals surface area contributed by atoms with Gasteiger partial charge in [0.15, 0.2) is 5.96 Å². The lowest BCUT2D eigenvalue weighted by molar-refractivity contribution is 0.181. The lowest BCUT2D eigenvalue weighted by Crippen LogP contribution is -2.48. The predicted octanol–water partition coefficient (Wildman–Crippen LogP) is 4.15. The molecule has 0 spiro atoms. The average molecular weight is 554 g/mol. The van der Waals surface area contributed by atoms with Crippen LogP contribution in [-0.4, -0.2) is 74.7 Å². The van der Waals surface area contributed by atoms with E-state index >= 15 is 0 Å². The van der Waals surface area contributed by atoms with Crippen LogP contribution in [0, 0.1) is 5.92 Å². The smallest absolute Gasteiger partial charge is 0.191 e. The third-order valence-corrected chi connectivity index (χ3v) is 6.81. The van der Waals surface area contributed by atoms with E-state index in [0.29, 0.717) is 6.04 Å². The fourth-order valence-electron chi connectivity index (χ4n) is 4.86. The van der Waals surface area contributed by atoms with E-state index in [9.17, 15) is 0 Å². The second kappa shape index (κ2) is 15.7. The predicted molar refractivity (Wildman–Crippen MR) is 148 cm³/mol. The van der Waals surface area contributed by atoms with E-state index in [1.165, 1.54) is 70.1 Å². The van der Waals surface area contributed by atoms with Crippen molar-refractivity contribution < 1.29 is 0 Å². The van der Waals surface area contributed by atoms with Crippen molar-refractivity contribution in [1.29, 1.82) is 0 Å². The van der Waals surface area contributed by atoms with Gasteiger partial charge in [0.2, 0.25) is 0 Å². The second-order valence-corrected chi connectivity index (χ2v) is 9.19. The monoisotopic (exact) mass is 553 g/mol. The van der Waals surface area contributed by atoms with Gasteiger partial charge in [0, 0.05) is 39.3 Å². The number of halogens is 1. The minimum absolute atomic E-state index is 0. The standard InChI is InChI=1S/C26H43N5.HI/c1-3-16-30-20-13-25(14-21-30)29-26(27-2)28-15-7-8-17-31-18-11-24(12-19-31)22-23-9-5-4-6-10-23;/h3-6,9-10,24-25H,1,7-8,11-22H2,2H3,(H2,27,28,29);1H. The molecule has 0 saturated carbocycles. The summed E-state index contributed by atoms with van der Waals surface area (Å²) in [6.07, 6.45) is 10.7. The van der Waals surface area contributed by atoms with Gasteiger partial charge in [-0.1, -0.05) is 36.4 Å². The summed E-state index contributed by atoms with van der Waals surface area (Å²) < 4.78 is 0. The Labute approximate surface area is 213 Å². The first-order valence-corrected chi connectivity index (χ1v) is 12.3. The van der Waals surface area contributed by atoms with E-state index < -0.39 is 0 Å². The van der Waals surface area contributed by atoms with Gasteiger partial charge in [-0.3, -0.25) is 9.89 Å².